The number of nitrogens with zero attached hydrogens (tertiary/aromatic N) is 1. The van der Waals surface area contributed by atoms with E-state index in [1.165, 1.54) is 7.11 Å². The van der Waals surface area contributed by atoms with Crippen LogP contribution >= 0.6 is 11.3 Å². The number of hydrogen-bond donors (Lipinski definition) is 2. The number of benzene rings is 1. The van der Waals surface area contributed by atoms with Crippen molar-refractivity contribution >= 4 is 23.2 Å². The molecule has 3 N–H and O–H groups in total. The third-order valence-corrected chi connectivity index (χ3v) is 4.34. The molecule has 8 heteroatoms. The maximum Gasteiger partial charge on any atom is 0.255 e. The molecule has 7 nitrogen and oxygen atoms in total. The van der Waals surface area contributed by atoms with Gasteiger partial charge in [0.1, 0.15) is 5.01 Å². The van der Waals surface area contributed by atoms with Crippen molar-refractivity contribution in [3.05, 3.63) is 39.3 Å². The molecule has 0 fully saturated rings. The molecular weight excluding hydrogens is 330 g/mol. The Morgan fingerprint density at radius 1 is 1.29 bits per heavy atom. The second-order valence-electron chi connectivity index (χ2n) is 5.05. The highest BCUT2D eigenvalue weighted by Gasteiger charge is 2.13. The molecule has 2 aromatic rings. The number of hydrogen-bond acceptors (Lipinski definition) is 6. The van der Waals surface area contributed by atoms with Crippen LogP contribution in [-0.4, -0.2) is 30.5 Å². The third-order valence-electron chi connectivity index (χ3n) is 3.27. The van der Waals surface area contributed by atoms with E-state index in [-0.39, 0.29) is 12.5 Å². The van der Waals surface area contributed by atoms with Crippen LogP contribution < -0.4 is 20.5 Å². The predicted molar refractivity (Wildman–Crippen MR) is 90.4 cm³/mol. The summed E-state index contributed by atoms with van der Waals surface area (Å²) in [5.41, 5.74) is 6.44. The summed E-state index contributed by atoms with van der Waals surface area (Å²) in [6, 6.07) is 4.70. The second-order valence-corrected chi connectivity index (χ2v) is 6.34. The molecular formula is C16H19N3O4S. The van der Waals surface area contributed by atoms with Crippen molar-refractivity contribution in [3.63, 3.8) is 0 Å². The molecule has 0 unspecified atom stereocenters. The topological polar surface area (TPSA) is 104 Å². The Balaban J connectivity index is 2.04. The lowest BCUT2D eigenvalue weighted by Gasteiger charge is -2.11. The van der Waals surface area contributed by atoms with Crippen LogP contribution in [0.1, 0.15) is 25.9 Å². The van der Waals surface area contributed by atoms with E-state index >= 15 is 0 Å². The molecule has 1 aromatic heterocycles. The molecule has 0 radical (unpaired) electrons. The number of primary amides is 1. The van der Waals surface area contributed by atoms with Crippen LogP contribution in [0, 0.1) is 13.8 Å². The van der Waals surface area contributed by atoms with E-state index in [1.807, 2.05) is 13.8 Å². The second kappa shape index (κ2) is 7.78. The smallest absolute Gasteiger partial charge is 0.255 e. The average molecular weight is 349 g/mol. The zero-order valence-corrected chi connectivity index (χ0v) is 14.5. The fourth-order valence-electron chi connectivity index (χ4n) is 1.95. The standard InChI is InChI=1S/C16H19N3O4S/c1-9-10(2)24-15(19-9)7-18-16(21)11-4-5-12(13(6-11)22-3)23-8-14(17)20/h4-6H,7-8H2,1-3H3,(H2,17,20)(H,18,21). The van der Waals surface area contributed by atoms with Gasteiger partial charge in [0.25, 0.3) is 11.8 Å². The van der Waals surface area contributed by atoms with Crippen LogP contribution in [0.2, 0.25) is 0 Å². The van der Waals surface area contributed by atoms with Gasteiger partial charge < -0.3 is 20.5 Å². The Hall–Kier alpha value is -2.61. The van der Waals surface area contributed by atoms with Crippen LogP contribution in [0.3, 0.4) is 0 Å². The van der Waals surface area contributed by atoms with Crippen molar-refractivity contribution in [1.82, 2.24) is 10.3 Å². The highest BCUT2D eigenvalue weighted by atomic mass is 32.1. The van der Waals surface area contributed by atoms with Crippen molar-refractivity contribution in [1.29, 1.82) is 0 Å². The molecule has 0 bridgehead atoms. The molecule has 24 heavy (non-hydrogen) atoms. The van der Waals surface area contributed by atoms with Crippen molar-refractivity contribution in [2.45, 2.75) is 20.4 Å². The molecule has 2 rings (SSSR count). The number of carbonyl (C=O) groups excluding carboxylic acids is 2. The number of nitrogens with one attached hydrogen (secondary N) is 1. The van der Waals surface area contributed by atoms with Crippen LogP contribution in [0.4, 0.5) is 0 Å². The minimum atomic E-state index is -0.590. The average Bonchev–Trinajstić information content (AvgIpc) is 2.88. The minimum Gasteiger partial charge on any atom is -0.493 e. The lowest BCUT2D eigenvalue weighted by Crippen LogP contribution is -2.23. The fourth-order valence-corrected chi connectivity index (χ4v) is 2.82. The summed E-state index contributed by atoms with van der Waals surface area (Å²) < 4.78 is 10.4. The number of carbonyl (C=O) groups is 2. The number of aryl methyl sites for hydroxylation is 2. The molecule has 2 amide bonds. The van der Waals surface area contributed by atoms with Crippen molar-refractivity contribution < 1.29 is 19.1 Å². The number of thiazole rings is 1. The van der Waals surface area contributed by atoms with Gasteiger partial charge in [0.2, 0.25) is 0 Å². The van der Waals surface area contributed by atoms with Crippen molar-refractivity contribution in [3.8, 4) is 11.5 Å². The SMILES string of the molecule is COc1cc(C(=O)NCc2nc(C)c(C)s2)ccc1OCC(N)=O. The van der Waals surface area contributed by atoms with Gasteiger partial charge in [-0.25, -0.2) is 4.98 Å². The molecule has 0 atom stereocenters. The lowest BCUT2D eigenvalue weighted by molar-refractivity contribution is -0.119. The van der Waals surface area contributed by atoms with Gasteiger partial charge in [-0.1, -0.05) is 0 Å². The normalized spacial score (nSPS) is 10.3. The molecule has 0 aliphatic heterocycles. The number of amides is 2. The summed E-state index contributed by atoms with van der Waals surface area (Å²) in [6.45, 7) is 4.03. The van der Waals surface area contributed by atoms with Gasteiger partial charge in [-0.15, -0.1) is 11.3 Å². The fraction of sp³-hybridized carbons (Fsp3) is 0.312. The van der Waals surface area contributed by atoms with Crippen LogP contribution in [0.5, 0.6) is 11.5 Å². The molecule has 0 spiro atoms. The first-order valence-electron chi connectivity index (χ1n) is 7.21. The molecule has 128 valence electrons. The Bertz CT molecular complexity index is 738. The predicted octanol–water partition coefficient (Wildman–Crippen LogP) is 1.56. The quantitative estimate of drug-likeness (QED) is 0.789. The van der Waals surface area contributed by atoms with Crippen molar-refractivity contribution in [2.24, 2.45) is 5.73 Å². The first-order chi connectivity index (χ1) is 11.4. The Morgan fingerprint density at radius 2 is 2.04 bits per heavy atom. The number of ether oxygens (including phenoxy) is 2. The summed E-state index contributed by atoms with van der Waals surface area (Å²) in [7, 11) is 1.45. The molecule has 0 aliphatic rings. The lowest BCUT2D eigenvalue weighted by atomic mass is 10.2. The highest BCUT2D eigenvalue weighted by Crippen LogP contribution is 2.28. The summed E-state index contributed by atoms with van der Waals surface area (Å²) in [5, 5.41) is 3.67. The van der Waals surface area contributed by atoms with E-state index in [4.69, 9.17) is 15.2 Å². The van der Waals surface area contributed by atoms with E-state index in [0.29, 0.717) is 23.6 Å². The monoisotopic (exact) mass is 349 g/mol. The van der Waals surface area contributed by atoms with E-state index in [9.17, 15) is 9.59 Å². The summed E-state index contributed by atoms with van der Waals surface area (Å²) >= 11 is 1.56. The largest absolute Gasteiger partial charge is 0.493 e. The summed E-state index contributed by atoms with van der Waals surface area (Å²) in [6.07, 6.45) is 0. The Morgan fingerprint density at radius 3 is 2.62 bits per heavy atom. The molecule has 0 saturated heterocycles. The highest BCUT2D eigenvalue weighted by molar-refractivity contribution is 7.11. The first-order valence-corrected chi connectivity index (χ1v) is 8.02. The minimum absolute atomic E-state index is 0.250. The number of rotatable bonds is 7. The number of methoxy groups -OCH3 is 1. The van der Waals surface area contributed by atoms with Gasteiger partial charge in [-0.3, -0.25) is 9.59 Å². The van der Waals surface area contributed by atoms with E-state index in [0.717, 1.165) is 15.6 Å². The molecule has 1 heterocycles. The zero-order chi connectivity index (χ0) is 17.7. The third kappa shape index (κ3) is 4.45. The Kier molecular flexibility index (Phi) is 5.75. The Labute approximate surface area is 143 Å². The van der Waals surface area contributed by atoms with Crippen molar-refractivity contribution in [2.75, 3.05) is 13.7 Å². The van der Waals surface area contributed by atoms with E-state index < -0.39 is 5.91 Å². The van der Waals surface area contributed by atoms with Crippen LogP contribution in [0.25, 0.3) is 0 Å². The summed E-state index contributed by atoms with van der Waals surface area (Å²) in [5.74, 6) is -0.142. The van der Waals surface area contributed by atoms with Gasteiger partial charge in [-0.05, 0) is 32.0 Å². The maximum absolute atomic E-state index is 12.3. The zero-order valence-electron chi connectivity index (χ0n) is 13.7. The number of aromatic nitrogens is 1. The summed E-state index contributed by atoms with van der Waals surface area (Å²) in [4.78, 5) is 28.5. The molecule has 0 aliphatic carbocycles. The van der Waals surface area contributed by atoms with Crippen LogP contribution in [-0.2, 0) is 11.3 Å². The van der Waals surface area contributed by atoms with Crippen LogP contribution in [0.15, 0.2) is 18.2 Å². The molecule has 0 saturated carbocycles. The number of nitrogens with two attached hydrogens (primary N) is 1. The van der Waals surface area contributed by atoms with Gasteiger partial charge >= 0.3 is 0 Å². The van der Waals surface area contributed by atoms with Gasteiger partial charge in [-0.2, -0.15) is 0 Å². The van der Waals surface area contributed by atoms with Gasteiger partial charge in [0, 0.05) is 10.4 Å². The van der Waals surface area contributed by atoms with E-state index in [2.05, 4.69) is 10.3 Å². The van der Waals surface area contributed by atoms with Gasteiger partial charge in [0.05, 0.1) is 19.3 Å². The first kappa shape index (κ1) is 17.7. The molecule has 1 aromatic carbocycles. The van der Waals surface area contributed by atoms with E-state index in [1.54, 1.807) is 29.5 Å². The maximum atomic E-state index is 12.3. The van der Waals surface area contributed by atoms with Gasteiger partial charge in [0.15, 0.2) is 18.1 Å².